The van der Waals surface area contributed by atoms with E-state index in [1.807, 2.05) is 31.2 Å². The lowest BCUT2D eigenvalue weighted by atomic mass is 9.91. The quantitative estimate of drug-likeness (QED) is 0.750. The smallest absolute Gasteiger partial charge is 0.267 e. The van der Waals surface area contributed by atoms with Gasteiger partial charge in [-0.2, -0.15) is 5.10 Å². The Labute approximate surface area is 158 Å². The van der Waals surface area contributed by atoms with E-state index in [-0.39, 0.29) is 11.6 Å². The van der Waals surface area contributed by atoms with Gasteiger partial charge in [0.25, 0.3) is 5.56 Å². The third-order valence-electron chi connectivity index (χ3n) is 5.20. The molecule has 1 saturated carbocycles. The molecule has 1 aliphatic rings. The van der Waals surface area contributed by atoms with E-state index in [2.05, 4.69) is 15.4 Å². The van der Waals surface area contributed by atoms with Crippen LogP contribution in [0.25, 0.3) is 11.3 Å². The Hall–Kier alpha value is -2.73. The summed E-state index contributed by atoms with van der Waals surface area (Å²) in [5.41, 5.74) is 1.75. The van der Waals surface area contributed by atoms with Gasteiger partial charge >= 0.3 is 0 Å². The number of nitrogens with zero attached hydrogens (tertiary/aromatic N) is 3. The first-order valence-electron chi connectivity index (χ1n) is 9.48. The first-order valence-corrected chi connectivity index (χ1v) is 9.48. The Morgan fingerprint density at radius 2 is 1.85 bits per heavy atom. The van der Waals surface area contributed by atoms with Crippen molar-refractivity contribution in [2.24, 2.45) is 0 Å². The van der Waals surface area contributed by atoms with E-state index < -0.39 is 0 Å². The molecule has 140 valence electrons. The molecule has 0 unspecified atom stereocenters. The van der Waals surface area contributed by atoms with Crippen molar-refractivity contribution in [1.29, 1.82) is 0 Å². The molecule has 0 radical (unpaired) electrons. The molecule has 3 aromatic rings. The molecule has 1 N–H and O–H groups in total. The summed E-state index contributed by atoms with van der Waals surface area (Å²) in [6.45, 7) is 2.71. The number of hydrogen-bond donors (Lipinski definition) is 1. The fourth-order valence-corrected chi connectivity index (χ4v) is 3.71. The number of aromatic nitrogens is 3. The van der Waals surface area contributed by atoms with Gasteiger partial charge in [-0.3, -0.25) is 9.78 Å². The first kappa shape index (κ1) is 17.7. The topological polar surface area (TPSA) is 73.0 Å². The zero-order chi connectivity index (χ0) is 18.6. The third kappa shape index (κ3) is 4.17. The van der Waals surface area contributed by atoms with Gasteiger partial charge in [-0.15, -0.1) is 0 Å². The van der Waals surface area contributed by atoms with E-state index in [0.29, 0.717) is 6.04 Å². The second-order valence-electron chi connectivity index (χ2n) is 7.14. The second-order valence-corrected chi connectivity index (χ2v) is 7.14. The molecule has 0 saturated heterocycles. The van der Waals surface area contributed by atoms with Crippen molar-refractivity contribution in [2.45, 2.75) is 51.2 Å². The molecule has 1 aliphatic carbocycles. The molecular formula is C21H24N4O2. The number of rotatable bonds is 5. The van der Waals surface area contributed by atoms with E-state index >= 15 is 0 Å². The lowest BCUT2D eigenvalue weighted by molar-refractivity contribution is 0.265. The van der Waals surface area contributed by atoms with E-state index in [4.69, 9.17) is 4.42 Å². The molecule has 0 aliphatic heterocycles. The molecule has 0 bridgehead atoms. The number of pyridine rings is 1. The van der Waals surface area contributed by atoms with E-state index in [0.717, 1.165) is 55.0 Å². The van der Waals surface area contributed by atoms with Gasteiger partial charge in [0.05, 0.1) is 18.3 Å². The lowest BCUT2D eigenvalue weighted by Crippen LogP contribution is -2.36. The van der Waals surface area contributed by atoms with Crippen LogP contribution >= 0.6 is 0 Å². The van der Waals surface area contributed by atoms with Crippen molar-refractivity contribution in [3.63, 3.8) is 0 Å². The zero-order valence-electron chi connectivity index (χ0n) is 15.5. The van der Waals surface area contributed by atoms with E-state index in [1.54, 1.807) is 29.2 Å². The summed E-state index contributed by atoms with van der Waals surface area (Å²) in [6.07, 6.45) is 7.42. The summed E-state index contributed by atoms with van der Waals surface area (Å²) in [7, 11) is 0. The number of nitrogens with one attached hydrogen (secondary N) is 1. The molecule has 6 nitrogen and oxygen atoms in total. The van der Waals surface area contributed by atoms with Crippen LogP contribution < -0.4 is 10.9 Å². The van der Waals surface area contributed by atoms with Crippen LogP contribution in [0.1, 0.15) is 43.2 Å². The lowest BCUT2D eigenvalue weighted by Gasteiger charge is -2.29. The van der Waals surface area contributed by atoms with Crippen LogP contribution in [0.5, 0.6) is 0 Å². The van der Waals surface area contributed by atoms with Crippen molar-refractivity contribution in [1.82, 2.24) is 20.1 Å². The van der Waals surface area contributed by atoms with Crippen molar-refractivity contribution in [2.75, 3.05) is 0 Å². The van der Waals surface area contributed by atoms with Crippen molar-refractivity contribution >= 4 is 0 Å². The summed E-state index contributed by atoms with van der Waals surface area (Å²) < 4.78 is 7.28. The fourth-order valence-electron chi connectivity index (χ4n) is 3.71. The normalized spacial score (nSPS) is 19.9. The highest BCUT2D eigenvalue weighted by Gasteiger charge is 2.24. The van der Waals surface area contributed by atoms with Crippen LogP contribution in [0, 0.1) is 6.92 Å². The molecule has 3 heterocycles. The molecule has 3 aromatic heterocycles. The van der Waals surface area contributed by atoms with Crippen molar-refractivity contribution < 1.29 is 4.42 Å². The van der Waals surface area contributed by atoms with Gasteiger partial charge in [0, 0.05) is 30.1 Å². The van der Waals surface area contributed by atoms with Gasteiger partial charge in [-0.05, 0) is 62.9 Å². The SMILES string of the molecule is Cc1ccc(CNC2CCC(n3nc(-c4ccncc4)ccc3=O)CC2)o1. The van der Waals surface area contributed by atoms with Gasteiger partial charge in [0.15, 0.2) is 0 Å². The van der Waals surface area contributed by atoms with Crippen LogP contribution in [0.2, 0.25) is 0 Å². The van der Waals surface area contributed by atoms with Gasteiger partial charge in [0.2, 0.25) is 0 Å². The highest BCUT2D eigenvalue weighted by atomic mass is 16.3. The molecule has 6 heteroatoms. The summed E-state index contributed by atoms with van der Waals surface area (Å²) in [5, 5.41) is 8.20. The van der Waals surface area contributed by atoms with Crippen LogP contribution in [-0.2, 0) is 6.54 Å². The van der Waals surface area contributed by atoms with Gasteiger partial charge in [0.1, 0.15) is 11.5 Å². The molecular weight excluding hydrogens is 340 g/mol. The minimum absolute atomic E-state index is 0.0322. The minimum Gasteiger partial charge on any atom is -0.465 e. The Kier molecular flexibility index (Phi) is 5.16. The average Bonchev–Trinajstić information content (AvgIpc) is 3.13. The fraction of sp³-hybridized carbons (Fsp3) is 0.381. The molecule has 0 spiro atoms. The Morgan fingerprint density at radius 1 is 1.07 bits per heavy atom. The van der Waals surface area contributed by atoms with Gasteiger partial charge in [-0.25, -0.2) is 4.68 Å². The molecule has 0 atom stereocenters. The molecule has 0 aromatic carbocycles. The van der Waals surface area contributed by atoms with Crippen LogP contribution in [0.15, 0.2) is 58.0 Å². The molecule has 27 heavy (non-hydrogen) atoms. The highest BCUT2D eigenvalue weighted by Crippen LogP contribution is 2.28. The maximum Gasteiger partial charge on any atom is 0.267 e. The molecule has 4 rings (SSSR count). The molecule has 0 amide bonds. The summed E-state index contributed by atoms with van der Waals surface area (Å²) >= 11 is 0. The van der Waals surface area contributed by atoms with Crippen LogP contribution in [-0.4, -0.2) is 20.8 Å². The Morgan fingerprint density at radius 3 is 2.56 bits per heavy atom. The largest absolute Gasteiger partial charge is 0.465 e. The highest BCUT2D eigenvalue weighted by molar-refractivity contribution is 5.57. The molecule has 1 fully saturated rings. The van der Waals surface area contributed by atoms with Crippen LogP contribution in [0.3, 0.4) is 0 Å². The summed E-state index contributed by atoms with van der Waals surface area (Å²) in [6, 6.07) is 11.8. The predicted molar refractivity (Wildman–Crippen MR) is 103 cm³/mol. The number of hydrogen-bond acceptors (Lipinski definition) is 5. The van der Waals surface area contributed by atoms with Gasteiger partial charge in [-0.1, -0.05) is 0 Å². The number of aryl methyl sites for hydroxylation is 1. The Balaban J connectivity index is 1.40. The van der Waals surface area contributed by atoms with Gasteiger partial charge < -0.3 is 9.73 Å². The van der Waals surface area contributed by atoms with Crippen LogP contribution in [0.4, 0.5) is 0 Å². The Bertz CT molecular complexity index is 940. The van der Waals surface area contributed by atoms with E-state index in [1.165, 1.54) is 0 Å². The van der Waals surface area contributed by atoms with E-state index in [9.17, 15) is 4.79 Å². The third-order valence-corrected chi connectivity index (χ3v) is 5.20. The van der Waals surface area contributed by atoms with Crippen molar-refractivity contribution in [3.05, 3.63) is 70.7 Å². The summed E-state index contributed by atoms with van der Waals surface area (Å²) in [5.74, 6) is 1.91. The maximum absolute atomic E-state index is 12.4. The standard InChI is InChI=1S/C21H24N4O2/c1-15-2-7-19(27-15)14-23-17-3-5-18(6-4-17)25-21(26)9-8-20(24-25)16-10-12-22-13-11-16/h2,7-13,17-18,23H,3-6,14H2,1H3. The average molecular weight is 364 g/mol. The first-order chi connectivity index (χ1) is 13.2. The maximum atomic E-state index is 12.4. The predicted octanol–water partition coefficient (Wildman–Crippen LogP) is 3.48. The van der Waals surface area contributed by atoms with Crippen molar-refractivity contribution in [3.8, 4) is 11.3 Å². The number of furan rings is 1. The second kappa shape index (κ2) is 7.88. The zero-order valence-corrected chi connectivity index (χ0v) is 15.5. The monoisotopic (exact) mass is 364 g/mol. The summed E-state index contributed by atoms with van der Waals surface area (Å²) in [4.78, 5) is 16.4. The minimum atomic E-state index is -0.0322.